The Hall–Kier alpha value is -2.81. The second-order valence-corrected chi connectivity index (χ2v) is 8.34. The fourth-order valence-corrected chi connectivity index (χ4v) is 3.23. The summed E-state index contributed by atoms with van der Waals surface area (Å²) in [7, 11) is 0. The standard InChI is InChI=1S/C25H29NO2/c1-17(19-13-15-21(16-14-19)25(3,4)5)26-24(27)18(2)28-23-12-8-10-20-9-6-7-11-22(20)23/h6-18H,1-5H3,(H,26,27). The van der Waals surface area contributed by atoms with Gasteiger partial charge in [0.15, 0.2) is 6.10 Å². The SMILES string of the molecule is CC(Oc1cccc2ccccc12)C(=O)NC(C)c1ccc(C(C)(C)C)cc1. The largest absolute Gasteiger partial charge is 0.480 e. The maximum atomic E-state index is 12.7. The molecule has 0 fully saturated rings. The van der Waals surface area contributed by atoms with E-state index in [0.29, 0.717) is 0 Å². The zero-order valence-electron chi connectivity index (χ0n) is 17.3. The van der Waals surface area contributed by atoms with E-state index in [2.05, 4.69) is 50.4 Å². The molecule has 28 heavy (non-hydrogen) atoms. The van der Waals surface area contributed by atoms with Crippen LogP contribution < -0.4 is 10.1 Å². The highest BCUT2D eigenvalue weighted by molar-refractivity contribution is 5.89. The minimum absolute atomic E-state index is 0.0833. The molecule has 0 saturated carbocycles. The Kier molecular flexibility index (Phi) is 5.73. The first-order valence-corrected chi connectivity index (χ1v) is 9.81. The van der Waals surface area contributed by atoms with Crippen molar-refractivity contribution in [1.82, 2.24) is 5.32 Å². The van der Waals surface area contributed by atoms with Crippen LogP contribution in [0, 0.1) is 0 Å². The first-order valence-electron chi connectivity index (χ1n) is 9.81. The summed E-state index contributed by atoms with van der Waals surface area (Å²) in [5.41, 5.74) is 2.48. The van der Waals surface area contributed by atoms with Crippen molar-refractivity contribution in [3.63, 3.8) is 0 Å². The van der Waals surface area contributed by atoms with Gasteiger partial charge in [-0.2, -0.15) is 0 Å². The Morgan fingerprint density at radius 1 is 0.893 bits per heavy atom. The molecule has 146 valence electrons. The zero-order valence-corrected chi connectivity index (χ0v) is 17.3. The van der Waals surface area contributed by atoms with Gasteiger partial charge in [0.25, 0.3) is 5.91 Å². The van der Waals surface area contributed by atoms with Crippen molar-refractivity contribution in [2.45, 2.75) is 52.2 Å². The van der Waals surface area contributed by atoms with Crippen LogP contribution >= 0.6 is 0 Å². The van der Waals surface area contributed by atoms with Gasteiger partial charge in [-0.1, -0.05) is 81.4 Å². The van der Waals surface area contributed by atoms with Crippen molar-refractivity contribution >= 4 is 16.7 Å². The molecule has 0 radical (unpaired) electrons. The molecule has 3 aromatic carbocycles. The van der Waals surface area contributed by atoms with Crippen LogP contribution in [-0.2, 0) is 10.2 Å². The van der Waals surface area contributed by atoms with E-state index in [-0.39, 0.29) is 17.4 Å². The number of carbonyl (C=O) groups is 1. The third-order valence-corrected chi connectivity index (χ3v) is 5.06. The Morgan fingerprint density at radius 3 is 2.21 bits per heavy atom. The molecule has 3 aromatic rings. The molecule has 0 aliphatic heterocycles. The molecule has 0 aliphatic carbocycles. The van der Waals surface area contributed by atoms with Gasteiger partial charge in [0, 0.05) is 5.39 Å². The van der Waals surface area contributed by atoms with Crippen molar-refractivity contribution in [1.29, 1.82) is 0 Å². The van der Waals surface area contributed by atoms with Gasteiger partial charge >= 0.3 is 0 Å². The highest BCUT2D eigenvalue weighted by Crippen LogP contribution is 2.27. The van der Waals surface area contributed by atoms with Gasteiger partial charge in [-0.3, -0.25) is 4.79 Å². The number of nitrogens with one attached hydrogen (secondary N) is 1. The topological polar surface area (TPSA) is 38.3 Å². The molecule has 1 N–H and O–H groups in total. The number of carbonyl (C=O) groups excluding carboxylic acids is 1. The number of rotatable bonds is 5. The van der Waals surface area contributed by atoms with Crippen LogP contribution in [0.3, 0.4) is 0 Å². The summed E-state index contributed by atoms with van der Waals surface area (Å²) >= 11 is 0. The van der Waals surface area contributed by atoms with E-state index in [0.717, 1.165) is 22.1 Å². The highest BCUT2D eigenvalue weighted by atomic mass is 16.5. The van der Waals surface area contributed by atoms with E-state index in [1.54, 1.807) is 6.92 Å². The maximum absolute atomic E-state index is 12.7. The number of ether oxygens (including phenoxy) is 1. The maximum Gasteiger partial charge on any atom is 0.261 e. The molecule has 0 bridgehead atoms. The third kappa shape index (κ3) is 4.53. The quantitative estimate of drug-likeness (QED) is 0.614. The number of fused-ring (bicyclic) bond motifs is 1. The van der Waals surface area contributed by atoms with E-state index < -0.39 is 6.10 Å². The van der Waals surface area contributed by atoms with Gasteiger partial charge in [0.1, 0.15) is 5.75 Å². The molecule has 3 rings (SSSR count). The lowest BCUT2D eigenvalue weighted by Gasteiger charge is -2.22. The molecular formula is C25H29NO2. The molecular weight excluding hydrogens is 346 g/mol. The summed E-state index contributed by atoms with van der Waals surface area (Å²) in [6.07, 6.45) is -0.581. The predicted octanol–water partition coefficient (Wildman–Crippen LogP) is 5.78. The van der Waals surface area contributed by atoms with Crippen LogP contribution in [0.1, 0.15) is 51.8 Å². The van der Waals surface area contributed by atoms with E-state index in [9.17, 15) is 4.79 Å². The molecule has 0 spiro atoms. The first-order chi connectivity index (χ1) is 13.3. The summed E-state index contributed by atoms with van der Waals surface area (Å²) < 4.78 is 5.98. The molecule has 2 atom stereocenters. The van der Waals surface area contributed by atoms with Gasteiger partial charge in [0.05, 0.1) is 6.04 Å². The molecule has 3 heteroatoms. The number of hydrogen-bond acceptors (Lipinski definition) is 2. The van der Waals surface area contributed by atoms with E-state index in [1.807, 2.05) is 49.4 Å². The van der Waals surface area contributed by atoms with Crippen LogP contribution in [0.2, 0.25) is 0 Å². The lowest BCUT2D eigenvalue weighted by atomic mass is 9.86. The van der Waals surface area contributed by atoms with Gasteiger partial charge in [-0.05, 0) is 41.8 Å². The van der Waals surface area contributed by atoms with Crippen molar-refractivity contribution < 1.29 is 9.53 Å². The fraction of sp³-hybridized carbons (Fsp3) is 0.320. The predicted molar refractivity (Wildman–Crippen MR) is 116 cm³/mol. The smallest absolute Gasteiger partial charge is 0.261 e. The molecule has 3 nitrogen and oxygen atoms in total. The van der Waals surface area contributed by atoms with E-state index in [1.165, 1.54) is 5.56 Å². The summed E-state index contributed by atoms with van der Waals surface area (Å²) in [5.74, 6) is 0.600. The second-order valence-electron chi connectivity index (χ2n) is 8.34. The summed E-state index contributed by atoms with van der Waals surface area (Å²) in [6.45, 7) is 10.4. The number of amides is 1. The van der Waals surface area contributed by atoms with Crippen LogP contribution in [0.4, 0.5) is 0 Å². The Morgan fingerprint density at radius 2 is 1.54 bits per heavy atom. The normalized spacial score (nSPS) is 13.8. The summed E-state index contributed by atoms with van der Waals surface area (Å²) in [4.78, 5) is 12.7. The number of benzene rings is 3. The monoisotopic (exact) mass is 375 g/mol. The minimum atomic E-state index is -0.581. The average molecular weight is 376 g/mol. The van der Waals surface area contributed by atoms with Gasteiger partial charge in [-0.25, -0.2) is 0 Å². The number of hydrogen-bond donors (Lipinski definition) is 1. The summed E-state index contributed by atoms with van der Waals surface area (Å²) in [5, 5.41) is 5.17. The van der Waals surface area contributed by atoms with Crippen molar-refractivity contribution in [2.75, 3.05) is 0 Å². The van der Waals surface area contributed by atoms with Crippen molar-refractivity contribution in [3.05, 3.63) is 77.9 Å². The molecule has 1 amide bonds. The third-order valence-electron chi connectivity index (χ3n) is 5.06. The van der Waals surface area contributed by atoms with Gasteiger partial charge in [0.2, 0.25) is 0 Å². The van der Waals surface area contributed by atoms with Crippen LogP contribution in [0.15, 0.2) is 66.7 Å². The fourth-order valence-electron chi connectivity index (χ4n) is 3.23. The zero-order chi connectivity index (χ0) is 20.3. The minimum Gasteiger partial charge on any atom is -0.480 e. The van der Waals surface area contributed by atoms with E-state index >= 15 is 0 Å². The lowest BCUT2D eigenvalue weighted by molar-refractivity contribution is -0.127. The van der Waals surface area contributed by atoms with E-state index in [4.69, 9.17) is 4.74 Å². The molecule has 0 saturated heterocycles. The first kappa shape index (κ1) is 19.9. The Balaban J connectivity index is 1.66. The highest BCUT2D eigenvalue weighted by Gasteiger charge is 2.19. The molecule has 0 aliphatic rings. The summed E-state index contributed by atoms with van der Waals surface area (Å²) in [6, 6.07) is 22.3. The van der Waals surface area contributed by atoms with Gasteiger partial charge in [-0.15, -0.1) is 0 Å². The average Bonchev–Trinajstić information content (AvgIpc) is 2.67. The molecule has 2 unspecified atom stereocenters. The Bertz CT molecular complexity index is 949. The second kappa shape index (κ2) is 8.05. The van der Waals surface area contributed by atoms with Crippen LogP contribution in [-0.4, -0.2) is 12.0 Å². The Labute approximate surface area is 167 Å². The van der Waals surface area contributed by atoms with Crippen LogP contribution in [0.5, 0.6) is 5.75 Å². The van der Waals surface area contributed by atoms with Crippen molar-refractivity contribution in [3.8, 4) is 5.75 Å². The lowest BCUT2D eigenvalue weighted by Crippen LogP contribution is -2.37. The molecule has 0 aromatic heterocycles. The molecule has 0 heterocycles. The van der Waals surface area contributed by atoms with Crippen molar-refractivity contribution in [2.24, 2.45) is 0 Å². The van der Waals surface area contributed by atoms with Gasteiger partial charge < -0.3 is 10.1 Å². The van der Waals surface area contributed by atoms with Crippen LogP contribution in [0.25, 0.3) is 10.8 Å².